The van der Waals surface area contributed by atoms with Crippen LogP contribution in [0.1, 0.15) is 51.8 Å². The van der Waals surface area contributed by atoms with Gasteiger partial charge >= 0.3 is 12.1 Å². The van der Waals surface area contributed by atoms with Crippen molar-refractivity contribution in [3.63, 3.8) is 0 Å². The number of halogens is 3. The minimum absolute atomic E-state index is 0.0336. The molecule has 0 atom stereocenters. The zero-order valence-corrected chi connectivity index (χ0v) is 21.5. The van der Waals surface area contributed by atoms with Crippen molar-refractivity contribution >= 4 is 28.6 Å². The molecule has 0 radical (unpaired) electrons. The van der Waals surface area contributed by atoms with E-state index in [0.29, 0.717) is 29.9 Å². The number of carboxylic acids is 1. The van der Waals surface area contributed by atoms with Gasteiger partial charge in [0.1, 0.15) is 17.1 Å². The van der Waals surface area contributed by atoms with Gasteiger partial charge in [-0.1, -0.05) is 17.3 Å². The molecule has 2 fully saturated rings. The highest BCUT2D eigenvalue weighted by molar-refractivity contribution is 5.93. The Kier molecular flexibility index (Phi) is 6.53. The van der Waals surface area contributed by atoms with Gasteiger partial charge in [-0.25, -0.2) is 9.78 Å². The summed E-state index contributed by atoms with van der Waals surface area (Å²) >= 11 is 0. The Morgan fingerprint density at radius 3 is 2.73 bits per heavy atom. The highest BCUT2D eigenvalue weighted by Crippen LogP contribution is 2.46. The molecule has 0 spiro atoms. The third-order valence-electron chi connectivity index (χ3n) is 7.24. The largest absolute Gasteiger partial charge is 0.477 e. The molecule has 8 nitrogen and oxygen atoms in total. The van der Waals surface area contributed by atoms with Crippen LogP contribution in [0, 0.1) is 5.92 Å². The molecule has 4 heterocycles. The lowest BCUT2D eigenvalue weighted by Crippen LogP contribution is -2.45. The van der Waals surface area contributed by atoms with Crippen LogP contribution in [0.2, 0.25) is 0 Å². The Bertz CT molecular complexity index is 1620. The molecule has 0 bridgehead atoms. The van der Waals surface area contributed by atoms with Gasteiger partial charge in [0.25, 0.3) is 0 Å². The van der Waals surface area contributed by atoms with E-state index >= 15 is 0 Å². The molecule has 11 heteroatoms. The van der Waals surface area contributed by atoms with Crippen molar-refractivity contribution in [2.75, 3.05) is 25.1 Å². The molecule has 1 aromatic carbocycles. The predicted molar refractivity (Wildman–Crippen MR) is 141 cm³/mol. The average Bonchev–Trinajstić information content (AvgIpc) is 3.66. The van der Waals surface area contributed by atoms with Gasteiger partial charge in [0.05, 0.1) is 12.1 Å². The van der Waals surface area contributed by atoms with E-state index in [1.54, 1.807) is 13.2 Å². The summed E-state index contributed by atoms with van der Waals surface area (Å²) in [6, 6.07) is 10.1. The molecule has 1 N–H and O–H groups in total. The minimum atomic E-state index is -4.61. The number of aromatic nitrogens is 3. The fourth-order valence-corrected chi connectivity index (χ4v) is 5.07. The van der Waals surface area contributed by atoms with Crippen molar-refractivity contribution in [3.05, 3.63) is 76.9 Å². The zero-order chi connectivity index (χ0) is 28.0. The predicted octanol–water partition coefficient (Wildman–Crippen LogP) is 6.18. The zero-order valence-electron chi connectivity index (χ0n) is 21.5. The number of nitrogens with zero attached hydrogens (tertiary/aromatic N) is 4. The number of carbonyl (C=O) groups is 1. The van der Waals surface area contributed by atoms with Crippen LogP contribution in [0.5, 0.6) is 0 Å². The van der Waals surface area contributed by atoms with Gasteiger partial charge in [0.2, 0.25) is 0 Å². The lowest BCUT2D eigenvalue weighted by molar-refractivity contribution is -0.140. The minimum Gasteiger partial charge on any atom is -0.477 e. The second kappa shape index (κ2) is 10.1. The van der Waals surface area contributed by atoms with E-state index in [1.807, 2.05) is 24.3 Å². The van der Waals surface area contributed by atoms with Crippen molar-refractivity contribution in [1.29, 1.82) is 0 Å². The Labute approximate surface area is 227 Å². The Hall–Kier alpha value is -4.25. The molecule has 2 aliphatic rings. The van der Waals surface area contributed by atoms with E-state index in [1.165, 1.54) is 18.2 Å². The maximum absolute atomic E-state index is 13.7. The topological polar surface area (TPSA) is 102 Å². The van der Waals surface area contributed by atoms with Gasteiger partial charge in [-0.3, -0.25) is 4.98 Å². The molecule has 1 aliphatic heterocycles. The first-order chi connectivity index (χ1) is 19.2. The van der Waals surface area contributed by atoms with Gasteiger partial charge in [-0.15, -0.1) is 0 Å². The van der Waals surface area contributed by atoms with Crippen LogP contribution in [0.4, 0.5) is 18.9 Å². The summed E-state index contributed by atoms with van der Waals surface area (Å²) in [5, 5.41) is 14.2. The summed E-state index contributed by atoms with van der Waals surface area (Å²) in [5.41, 5.74) is 1.91. The van der Waals surface area contributed by atoms with Gasteiger partial charge < -0.3 is 19.3 Å². The smallest absolute Gasteiger partial charge is 0.434 e. The number of alkyl halides is 3. The summed E-state index contributed by atoms with van der Waals surface area (Å²) in [6.07, 6.45) is 2.18. The van der Waals surface area contributed by atoms with E-state index in [9.17, 15) is 23.1 Å². The van der Waals surface area contributed by atoms with Gasteiger partial charge in [-0.2, -0.15) is 13.2 Å². The van der Waals surface area contributed by atoms with E-state index in [0.717, 1.165) is 35.7 Å². The van der Waals surface area contributed by atoms with Gasteiger partial charge in [-0.05, 0) is 54.8 Å². The van der Waals surface area contributed by atoms with Crippen molar-refractivity contribution in [2.45, 2.75) is 31.5 Å². The van der Waals surface area contributed by atoms with Crippen LogP contribution in [0.15, 0.2) is 53.2 Å². The molecule has 3 aromatic heterocycles. The van der Waals surface area contributed by atoms with Crippen molar-refractivity contribution in [3.8, 4) is 11.3 Å². The first kappa shape index (κ1) is 26.0. The van der Waals surface area contributed by atoms with Crippen LogP contribution in [-0.2, 0) is 17.5 Å². The normalized spacial score (nSPS) is 16.1. The number of carboxylic acid groups (broad SMARTS) is 1. The molecule has 40 heavy (non-hydrogen) atoms. The Morgan fingerprint density at radius 1 is 1.23 bits per heavy atom. The molecule has 206 valence electrons. The first-order valence-corrected chi connectivity index (χ1v) is 12.8. The van der Waals surface area contributed by atoms with Crippen molar-refractivity contribution < 1.29 is 32.3 Å². The number of rotatable bonds is 8. The second-order valence-corrected chi connectivity index (χ2v) is 10.1. The van der Waals surface area contributed by atoms with Crippen molar-refractivity contribution in [1.82, 2.24) is 15.1 Å². The average molecular weight is 551 g/mol. The van der Waals surface area contributed by atoms with Gasteiger partial charge in [0, 0.05) is 60.4 Å². The van der Waals surface area contributed by atoms with Crippen molar-refractivity contribution in [2.24, 2.45) is 5.92 Å². The first-order valence-electron chi connectivity index (χ1n) is 12.8. The van der Waals surface area contributed by atoms with E-state index in [2.05, 4.69) is 20.0 Å². The molecule has 1 saturated carbocycles. The Morgan fingerprint density at radius 2 is 2.02 bits per heavy atom. The number of aromatic carboxylic acids is 1. The number of methoxy groups -OCH3 is 1. The number of hydrogen-bond acceptors (Lipinski definition) is 7. The molecule has 1 saturated heterocycles. The molecule has 1 aliphatic carbocycles. The molecular weight excluding hydrogens is 525 g/mol. The van der Waals surface area contributed by atoms with Crippen LogP contribution >= 0.6 is 0 Å². The lowest BCUT2D eigenvalue weighted by atomic mass is 9.95. The number of anilines is 1. The fourth-order valence-electron chi connectivity index (χ4n) is 5.07. The number of fused-ring (bicyclic) bond motifs is 1. The van der Waals surface area contributed by atoms with E-state index in [4.69, 9.17) is 9.26 Å². The molecule has 0 unspecified atom stereocenters. The van der Waals surface area contributed by atoms with E-state index in [-0.39, 0.29) is 35.4 Å². The van der Waals surface area contributed by atoms with Gasteiger partial charge in [0.15, 0.2) is 5.69 Å². The number of pyridine rings is 2. The SMILES string of the molecule is COCc1cc(C(=O)O)nc2ccc(N3CC(/C=C/c4c(-c5cccnc5C(F)(F)F)noc4C4CC4)C3)cc12. The molecule has 4 aromatic rings. The fraction of sp³-hybridized carbons (Fsp3) is 0.310. The number of ether oxygens (including phenoxy) is 1. The number of hydrogen-bond donors (Lipinski definition) is 1. The summed E-state index contributed by atoms with van der Waals surface area (Å²) in [4.78, 5) is 21.5. The monoisotopic (exact) mass is 550 g/mol. The summed E-state index contributed by atoms with van der Waals surface area (Å²) in [6.45, 7) is 1.68. The molecule has 6 rings (SSSR count). The maximum Gasteiger partial charge on any atom is 0.434 e. The quantitative estimate of drug-likeness (QED) is 0.278. The maximum atomic E-state index is 13.7. The van der Waals surface area contributed by atoms with Crippen LogP contribution in [0.25, 0.3) is 28.2 Å². The van der Waals surface area contributed by atoms with E-state index < -0.39 is 17.8 Å². The molecule has 0 amide bonds. The molecular formula is C29H25F3N4O4. The lowest BCUT2D eigenvalue weighted by Gasteiger charge is -2.40. The highest BCUT2D eigenvalue weighted by Gasteiger charge is 2.38. The summed E-state index contributed by atoms with van der Waals surface area (Å²) in [5.74, 6) is -0.140. The van der Waals surface area contributed by atoms with Crippen LogP contribution in [0.3, 0.4) is 0 Å². The number of benzene rings is 1. The summed E-state index contributed by atoms with van der Waals surface area (Å²) < 4.78 is 51.8. The highest BCUT2D eigenvalue weighted by atomic mass is 19.4. The third kappa shape index (κ3) is 4.92. The second-order valence-electron chi connectivity index (χ2n) is 10.1. The Balaban J connectivity index is 1.24. The van der Waals surface area contributed by atoms with Crippen LogP contribution < -0.4 is 4.90 Å². The van der Waals surface area contributed by atoms with Crippen LogP contribution in [-0.4, -0.2) is 46.4 Å². The standard InChI is InChI=1S/C29H25F3N4O4/c1-39-15-18-11-24(28(37)38)34-23-9-7-19(12-22(18)23)36-13-16(14-36)4-8-20-25(35-40-26(20)17-5-6-17)21-3-2-10-33-27(21)29(30,31)32/h2-4,7-12,16-17H,5-6,13-15H2,1H3,(H,37,38)/b8-4+. The summed E-state index contributed by atoms with van der Waals surface area (Å²) in [7, 11) is 1.55. The third-order valence-corrected chi connectivity index (χ3v) is 7.24.